The quantitative estimate of drug-likeness (QED) is 0.798. The SMILES string of the molecule is Cc1cc(C)n(-c2ccc(CN3CCOC(CN(C)CC(=O)O)C3)cc2)n1. The third-order valence-electron chi connectivity index (χ3n) is 4.74. The number of hydrogen-bond acceptors (Lipinski definition) is 5. The Balaban J connectivity index is 1.57. The standard InChI is InChI=1S/C20H28N4O3/c1-15-10-16(2)24(21-15)18-6-4-17(5-7-18)11-23-8-9-27-19(13-23)12-22(3)14-20(25)26/h4-7,10,19H,8-9,11-14H2,1-3H3,(H,25,26). The lowest BCUT2D eigenvalue weighted by Gasteiger charge is -2.34. The molecule has 0 spiro atoms. The Bertz CT molecular complexity index is 772. The normalized spacial score (nSPS) is 18.1. The van der Waals surface area contributed by atoms with Crippen molar-refractivity contribution in [1.29, 1.82) is 0 Å². The van der Waals surface area contributed by atoms with Gasteiger partial charge in [0.2, 0.25) is 0 Å². The Labute approximate surface area is 160 Å². The molecule has 1 aromatic carbocycles. The molecular weight excluding hydrogens is 344 g/mol. The lowest BCUT2D eigenvalue weighted by atomic mass is 10.1. The molecule has 7 heteroatoms. The lowest BCUT2D eigenvalue weighted by molar-refractivity contribution is -0.138. The van der Waals surface area contributed by atoms with E-state index in [0.717, 1.165) is 36.7 Å². The van der Waals surface area contributed by atoms with Crippen LogP contribution in [-0.4, -0.2) is 76.6 Å². The fraction of sp³-hybridized carbons (Fsp3) is 0.500. The number of rotatable bonds is 7. The molecule has 146 valence electrons. The van der Waals surface area contributed by atoms with Gasteiger partial charge >= 0.3 is 5.97 Å². The number of carbonyl (C=O) groups is 1. The first-order valence-electron chi connectivity index (χ1n) is 9.27. The Hall–Kier alpha value is -2.22. The molecule has 1 fully saturated rings. The van der Waals surface area contributed by atoms with Gasteiger partial charge in [0, 0.05) is 31.9 Å². The van der Waals surface area contributed by atoms with Crippen LogP contribution in [0, 0.1) is 13.8 Å². The molecule has 0 amide bonds. The van der Waals surface area contributed by atoms with E-state index in [-0.39, 0.29) is 12.6 Å². The van der Waals surface area contributed by atoms with E-state index in [4.69, 9.17) is 9.84 Å². The molecule has 1 saturated heterocycles. The van der Waals surface area contributed by atoms with Crippen LogP contribution in [0.1, 0.15) is 17.0 Å². The van der Waals surface area contributed by atoms with Crippen LogP contribution in [0.15, 0.2) is 30.3 Å². The van der Waals surface area contributed by atoms with Crippen molar-refractivity contribution < 1.29 is 14.6 Å². The summed E-state index contributed by atoms with van der Waals surface area (Å²) in [5, 5.41) is 13.4. The van der Waals surface area contributed by atoms with E-state index in [9.17, 15) is 4.79 Å². The summed E-state index contributed by atoms with van der Waals surface area (Å²) in [6, 6.07) is 10.6. The molecule has 0 bridgehead atoms. The molecule has 1 atom stereocenters. The van der Waals surface area contributed by atoms with Gasteiger partial charge in [0.1, 0.15) is 0 Å². The van der Waals surface area contributed by atoms with Crippen molar-refractivity contribution in [2.45, 2.75) is 26.5 Å². The average Bonchev–Trinajstić information content (AvgIpc) is 2.93. The Kier molecular flexibility index (Phi) is 6.26. The van der Waals surface area contributed by atoms with Gasteiger partial charge in [0.05, 0.1) is 30.6 Å². The summed E-state index contributed by atoms with van der Waals surface area (Å²) in [5.74, 6) is -0.812. The van der Waals surface area contributed by atoms with E-state index in [1.807, 2.05) is 18.7 Å². The highest BCUT2D eigenvalue weighted by Crippen LogP contribution is 2.16. The number of benzene rings is 1. The van der Waals surface area contributed by atoms with E-state index in [1.54, 1.807) is 4.90 Å². The summed E-state index contributed by atoms with van der Waals surface area (Å²) in [6.45, 7) is 7.95. The number of hydrogen-bond donors (Lipinski definition) is 1. The first-order valence-corrected chi connectivity index (χ1v) is 9.27. The van der Waals surface area contributed by atoms with E-state index < -0.39 is 5.97 Å². The summed E-state index contributed by atoms with van der Waals surface area (Å²) in [5.41, 5.74) is 4.46. The van der Waals surface area contributed by atoms with Gasteiger partial charge in [-0.1, -0.05) is 12.1 Å². The van der Waals surface area contributed by atoms with Crippen LogP contribution in [-0.2, 0) is 16.1 Å². The molecular formula is C20H28N4O3. The van der Waals surface area contributed by atoms with Crippen molar-refractivity contribution >= 4 is 5.97 Å². The van der Waals surface area contributed by atoms with Crippen LogP contribution in [0.25, 0.3) is 5.69 Å². The van der Waals surface area contributed by atoms with Gasteiger partial charge in [-0.05, 0) is 44.7 Å². The summed E-state index contributed by atoms with van der Waals surface area (Å²) < 4.78 is 7.76. The van der Waals surface area contributed by atoms with Crippen LogP contribution in [0.5, 0.6) is 0 Å². The van der Waals surface area contributed by atoms with E-state index in [2.05, 4.69) is 47.3 Å². The third-order valence-corrected chi connectivity index (χ3v) is 4.74. The Morgan fingerprint density at radius 1 is 1.33 bits per heavy atom. The van der Waals surface area contributed by atoms with Crippen LogP contribution in [0.2, 0.25) is 0 Å². The highest BCUT2D eigenvalue weighted by molar-refractivity contribution is 5.69. The zero-order valence-corrected chi connectivity index (χ0v) is 16.3. The Morgan fingerprint density at radius 2 is 2.07 bits per heavy atom. The minimum atomic E-state index is -0.812. The maximum atomic E-state index is 10.8. The predicted octanol–water partition coefficient (Wildman–Crippen LogP) is 1.71. The van der Waals surface area contributed by atoms with Crippen LogP contribution in [0.3, 0.4) is 0 Å². The first kappa shape index (κ1) is 19.5. The van der Waals surface area contributed by atoms with E-state index in [0.29, 0.717) is 13.2 Å². The van der Waals surface area contributed by atoms with E-state index in [1.165, 1.54) is 5.56 Å². The van der Waals surface area contributed by atoms with Gasteiger partial charge in [-0.3, -0.25) is 14.6 Å². The molecule has 27 heavy (non-hydrogen) atoms. The van der Waals surface area contributed by atoms with Crippen LogP contribution < -0.4 is 0 Å². The summed E-state index contributed by atoms with van der Waals surface area (Å²) in [7, 11) is 1.81. The maximum Gasteiger partial charge on any atom is 0.317 e. The molecule has 1 unspecified atom stereocenters. The number of aryl methyl sites for hydroxylation is 2. The monoisotopic (exact) mass is 372 g/mol. The summed E-state index contributed by atoms with van der Waals surface area (Å²) >= 11 is 0. The smallest absolute Gasteiger partial charge is 0.317 e. The minimum Gasteiger partial charge on any atom is -0.480 e. The number of nitrogens with zero attached hydrogens (tertiary/aromatic N) is 4. The molecule has 2 heterocycles. The third kappa shape index (κ3) is 5.38. The van der Waals surface area contributed by atoms with Gasteiger partial charge in [-0.15, -0.1) is 0 Å². The number of carboxylic acid groups (broad SMARTS) is 1. The molecule has 2 aromatic rings. The molecule has 0 radical (unpaired) electrons. The van der Waals surface area contributed by atoms with E-state index >= 15 is 0 Å². The lowest BCUT2D eigenvalue weighted by Crippen LogP contribution is -2.47. The number of ether oxygens (including phenoxy) is 1. The molecule has 0 saturated carbocycles. The van der Waals surface area contributed by atoms with Crippen molar-refractivity contribution in [3.8, 4) is 5.69 Å². The highest BCUT2D eigenvalue weighted by Gasteiger charge is 2.22. The second-order valence-electron chi connectivity index (χ2n) is 7.32. The van der Waals surface area contributed by atoms with Crippen molar-refractivity contribution in [1.82, 2.24) is 19.6 Å². The predicted molar refractivity (Wildman–Crippen MR) is 103 cm³/mol. The van der Waals surface area contributed by atoms with Gasteiger partial charge in [0.15, 0.2) is 0 Å². The Morgan fingerprint density at radius 3 is 2.70 bits per heavy atom. The number of aromatic nitrogens is 2. The fourth-order valence-corrected chi connectivity index (χ4v) is 3.57. The van der Waals surface area contributed by atoms with Crippen molar-refractivity contribution in [2.75, 3.05) is 39.8 Å². The molecule has 1 aliphatic rings. The zero-order valence-electron chi connectivity index (χ0n) is 16.3. The second-order valence-corrected chi connectivity index (χ2v) is 7.32. The minimum absolute atomic E-state index is 0.0354. The number of aliphatic carboxylic acids is 1. The van der Waals surface area contributed by atoms with Crippen molar-refractivity contribution in [3.63, 3.8) is 0 Å². The second kappa shape index (κ2) is 8.65. The maximum absolute atomic E-state index is 10.8. The molecule has 1 N–H and O–H groups in total. The van der Waals surface area contributed by atoms with Gasteiger partial charge in [0.25, 0.3) is 0 Å². The first-order chi connectivity index (χ1) is 12.9. The number of morpholine rings is 1. The average molecular weight is 372 g/mol. The van der Waals surface area contributed by atoms with Crippen molar-refractivity contribution in [3.05, 3.63) is 47.3 Å². The van der Waals surface area contributed by atoms with Crippen LogP contribution in [0.4, 0.5) is 0 Å². The van der Waals surface area contributed by atoms with Crippen LogP contribution >= 0.6 is 0 Å². The zero-order chi connectivity index (χ0) is 19.4. The molecule has 1 aliphatic heterocycles. The topological polar surface area (TPSA) is 70.8 Å². The molecule has 7 nitrogen and oxygen atoms in total. The summed E-state index contributed by atoms with van der Waals surface area (Å²) in [4.78, 5) is 15.0. The fourth-order valence-electron chi connectivity index (χ4n) is 3.57. The molecule has 1 aromatic heterocycles. The largest absolute Gasteiger partial charge is 0.480 e. The van der Waals surface area contributed by atoms with Gasteiger partial charge in [-0.2, -0.15) is 5.10 Å². The number of carboxylic acids is 1. The number of likely N-dealkylation sites (N-methyl/N-ethyl adjacent to an activating group) is 1. The molecule has 0 aliphatic carbocycles. The van der Waals surface area contributed by atoms with Crippen molar-refractivity contribution in [2.24, 2.45) is 0 Å². The van der Waals surface area contributed by atoms with Gasteiger partial charge < -0.3 is 9.84 Å². The van der Waals surface area contributed by atoms with Gasteiger partial charge in [-0.25, -0.2) is 4.68 Å². The summed E-state index contributed by atoms with van der Waals surface area (Å²) in [6.07, 6.45) is 0.0390. The molecule has 3 rings (SSSR count). The highest BCUT2D eigenvalue weighted by atomic mass is 16.5.